The van der Waals surface area contributed by atoms with Gasteiger partial charge in [0.15, 0.2) is 5.78 Å². The van der Waals surface area contributed by atoms with E-state index in [0.29, 0.717) is 0 Å². The highest BCUT2D eigenvalue weighted by molar-refractivity contribution is 5.95. The number of ketones is 1. The van der Waals surface area contributed by atoms with Crippen LogP contribution in [0.5, 0.6) is 0 Å². The summed E-state index contributed by atoms with van der Waals surface area (Å²) in [6, 6.07) is 8.08. The largest absolute Gasteiger partial charge is 0.295 e. The first-order chi connectivity index (χ1) is 7.77. The molecule has 1 saturated carbocycles. The van der Waals surface area contributed by atoms with Crippen molar-refractivity contribution in [2.45, 2.75) is 45.4 Å². The molecule has 0 saturated heterocycles. The van der Waals surface area contributed by atoms with Gasteiger partial charge >= 0.3 is 0 Å². The van der Waals surface area contributed by atoms with Gasteiger partial charge in [0.1, 0.15) is 0 Å². The van der Waals surface area contributed by atoms with E-state index >= 15 is 0 Å². The van der Waals surface area contributed by atoms with Gasteiger partial charge < -0.3 is 0 Å². The van der Waals surface area contributed by atoms with E-state index in [0.717, 1.165) is 17.9 Å². The Morgan fingerprint density at radius 1 is 1.19 bits per heavy atom. The van der Waals surface area contributed by atoms with Gasteiger partial charge in [-0.15, -0.1) is 0 Å². The van der Waals surface area contributed by atoms with Crippen LogP contribution in [0.15, 0.2) is 24.3 Å². The zero-order valence-electron chi connectivity index (χ0n) is 10.0. The Bertz CT molecular complexity index is 361. The van der Waals surface area contributed by atoms with E-state index in [4.69, 9.17) is 0 Å². The Kier molecular flexibility index (Phi) is 3.76. The molecule has 0 heterocycles. The predicted molar refractivity (Wildman–Crippen MR) is 66.7 cm³/mol. The average molecular weight is 216 g/mol. The molecule has 2 rings (SSSR count). The fraction of sp³-hybridized carbons (Fsp3) is 0.533. The summed E-state index contributed by atoms with van der Waals surface area (Å²) in [6.07, 6.45) is 7.90. The van der Waals surface area contributed by atoms with Gasteiger partial charge in [0.25, 0.3) is 0 Å². The molecule has 1 aliphatic rings. The van der Waals surface area contributed by atoms with Crippen molar-refractivity contribution < 1.29 is 4.79 Å². The molecule has 0 aliphatic heterocycles. The van der Waals surface area contributed by atoms with E-state index < -0.39 is 0 Å². The third kappa shape index (κ3) is 2.72. The third-order valence-electron chi connectivity index (χ3n) is 3.63. The molecule has 1 aromatic carbocycles. The Morgan fingerprint density at radius 3 is 2.56 bits per heavy atom. The van der Waals surface area contributed by atoms with E-state index in [1.54, 1.807) is 6.92 Å². The highest BCUT2D eigenvalue weighted by Gasteiger charge is 2.16. The Labute approximate surface area is 97.9 Å². The molecule has 0 N–H and O–H groups in total. The maximum absolute atomic E-state index is 11.5. The minimum atomic E-state index is 0.200. The highest BCUT2D eigenvalue weighted by atomic mass is 16.1. The van der Waals surface area contributed by atoms with Crippen molar-refractivity contribution in [2.24, 2.45) is 5.92 Å². The van der Waals surface area contributed by atoms with E-state index in [1.807, 2.05) is 18.2 Å². The van der Waals surface area contributed by atoms with Crippen LogP contribution in [0.4, 0.5) is 0 Å². The minimum Gasteiger partial charge on any atom is -0.295 e. The van der Waals surface area contributed by atoms with Gasteiger partial charge in [0.05, 0.1) is 0 Å². The Balaban J connectivity index is 2.10. The summed E-state index contributed by atoms with van der Waals surface area (Å²) in [5.41, 5.74) is 2.18. The number of hydrogen-bond acceptors (Lipinski definition) is 1. The topological polar surface area (TPSA) is 17.1 Å². The SMILES string of the molecule is CC(=O)c1ccccc1CC1CCCCC1. The zero-order chi connectivity index (χ0) is 11.4. The first-order valence-electron chi connectivity index (χ1n) is 6.36. The van der Waals surface area contributed by atoms with Crippen LogP contribution in [0.1, 0.15) is 54.9 Å². The number of rotatable bonds is 3. The molecular formula is C15H20O. The summed E-state index contributed by atoms with van der Waals surface area (Å²) in [7, 11) is 0. The molecule has 1 nitrogen and oxygen atoms in total. The molecule has 1 aliphatic carbocycles. The molecule has 1 fully saturated rings. The van der Waals surface area contributed by atoms with E-state index in [9.17, 15) is 4.79 Å². The molecule has 0 bridgehead atoms. The number of Topliss-reactive ketones (excluding diaryl/α,β-unsaturated/α-hetero) is 1. The highest BCUT2D eigenvalue weighted by Crippen LogP contribution is 2.27. The van der Waals surface area contributed by atoms with Gasteiger partial charge in [-0.2, -0.15) is 0 Å². The van der Waals surface area contributed by atoms with Crippen LogP contribution in [0.25, 0.3) is 0 Å². The lowest BCUT2D eigenvalue weighted by Crippen LogP contribution is -2.11. The minimum absolute atomic E-state index is 0.200. The van der Waals surface area contributed by atoms with Gasteiger partial charge in [0, 0.05) is 5.56 Å². The summed E-state index contributed by atoms with van der Waals surface area (Å²) in [4.78, 5) is 11.5. The molecule has 16 heavy (non-hydrogen) atoms. The molecule has 1 heteroatoms. The summed E-state index contributed by atoms with van der Waals surface area (Å²) < 4.78 is 0. The first kappa shape index (κ1) is 11.4. The Morgan fingerprint density at radius 2 is 1.88 bits per heavy atom. The predicted octanol–water partition coefficient (Wildman–Crippen LogP) is 4.01. The zero-order valence-corrected chi connectivity index (χ0v) is 10.0. The maximum atomic E-state index is 11.5. The second kappa shape index (κ2) is 5.29. The van der Waals surface area contributed by atoms with Gasteiger partial charge in [-0.1, -0.05) is 56.4 Å². The molecule has 1 aromatic rings. The molecule has 0 amide bonds. The number of hydrogen-bond donors (Lipinski definition) is 0. The van der Waals surface area contributed by atoms with Crippen LogP contribution in [0.2, 0.25) is 0 Å². The third-order valence-corrected chi connectivity index (χ3v) is 3.63. The molecule has 0 unspecified atom stereocenters. The summed E-state index contributed by atoms with van der Waals surface area (Å²) in [5.74, 6) is 1.00. The van der Waals surface area contributed by atoms with Crippen LogP contribution in [0.3, 0.4) is 0 Å². The summed E-state index contributed by atoms with van der Waals surface area (Å²) in [6.45, 7) is 1.67. The molecule has 86 valence electrons. The normalized spacial score (nSPS) is 17.3. The van der Waals surface area contributed by atoms with Crippen LogP contribution in [0, 0.1) is 5.92 Å². The number of benzene rings is 1. The van der Waals surface area contributed by atoms with Crippen LogP contribution in [-0.2, 0) is 6.42 Å². The fourth-order valence-electron chi connectivity index (χ4n) is 2.74. The van der Waals surface area contributed by atoms with Crippen molar-refractivity contribution in [3.63, 3.8) is 0 Å². The van der Waals surface area contributed by atoms with Gasteiger partial charge in [0.2, 0.25) is 0 Å². The second-order valence-electron chi connectivity index (χ2n) is 4.92. The van der Waals surface area contributed by atoms with Crippen LogP contribution >= 0.6 is 0 Å². The van der Waals surface area contributed by atoms with Gasteiger partial charge in [-0.3, -0.25) is 4.79 Å². The van der Waals surface area contributed by atoms with Gasteiger partial charge in [-0.25, -0.2) is 0 Å². The van der Waals surface area contributed by atoms with Crippen molar-refractivity contribution in [3.8, 4) is 0 Å². The van der Waals surface area contributed by atoms with Crippen LogP contribution < -0.4 is 0 Å². The summed E-state index contributed by atoms with van der Waals surface area (Å²) in [5, 5.41) is 0. The van der Waals surface area contributed by atoms with Crippen molar-refractivity contribution in [3.05, 3.63) is 35.4 Å². The lowest BCUT2D eigenvalue weighted by atomic mass is 9.83. The second-order valence-corrected chi connectivity index (χ2v) is 4.92. The lowest BCUT2D eigenvalue weighted by molar-refractivity contribution is 0.101. The van der Waals surface area contributed by atoms with E-state index in [-0.39, 0.29) is 5.78 Å². The van der Waals surface area contributed by atoms with E-state index in [2.05, 4.69) is 6.07 Å². The van der Waals surface area contributed by atoms with Crippen LogP contribution in [-0.4, -0.2) is 5.78 Å². The number of carbonyl (C=O) groups excluding carboxylic acids is 1. The molecule has 0 spiro atoms. The first-order valence-corrected chi connectivity index (χ1v) is 6.36. The van der Waals surface area contributed by atoms with Crippen molar-refractivity contribution in [1.82, 2.24) is 0 Å². The Hall–Kier alpha value is -1.11. The standard InChI is InChI=1S/C15H20O/c1-12(16)15-10-6-5-9-14(15)11-13-7-3-2-4-8-13/h5-6,9-10,13H,2-4,7-8,11H2,1H3. The van der Waals surface area contributed by atoms with Gasteiger partial charge in [-0.05, 0) is 24.8 Å². The van der Waals surface area contributed by atoms with E-state index in [1.165, 1.54) is 37.7 Å². The monoisotopic (exact) mass is 216 g/mol. The smallest absolute Gasteiger partial charge is 0.160 e. The lowest BCUT2D eigenvalue weighted by Gasteiger charge is -2.22. The van der Waals surface area contributed by atoms with Crippen molar-refractivity contribution in [1.29, 1.82) is 0 Å². The quantitative estimate of drug-likeness (QED) is 0.698. The molecule has 0 aromatic heterocycles. The summed E-state index contributed by atoms with van der Waals surface area (Å²) >= 11 is 0. The van der Waals surface area contributed by atoms with Crippen molar-refractivity contribution >= 4 is 5.78 Å². The average Bonchev–Trinajstić information content (AvgIpc) is 2.31. The number of carbonyl (C=O) groups is 1. The molecular weight excluding hydrogens is 196 g/mol. The fourth-order valence-corrected chi connectivity index (χ4v) is 2.74. The maximum Gasteiger partial charge on any atom is 0.160 e. The van der Waals surface area contributed by atoms with Crippen molar-refractivity contribution in [2.75, 3.05) is 0 Å². The molecule has 0 atom stereocenters. The molecule has 0 radical (unpaired) electrons.